The van der Waals surface area contributed by atoms with E-state index < -0.39 is 0 Å². The number of anilines is 1. The Bertz CT molecular complexity index is 557. The second-order valence-electron chi connectivity index (χ2n) is 4.60. The second kappa shape index (κ2) is 4.97. The zero-order chi connectivity index (χ0) is 13.2. The molecule has 0 radical (unpaired) electrons. The fourth-order valence-corrected chi connectivity index (χ4v) is 2.22. The second-order valence-corrected chi connectivity index (χ2v) is 4.60. The van der Waals surface area contributed by atoms with Crippen molar-refractivity contribution in [3.8, 4) is 11.4 Å². The molecule has 0 spiro atoms. The zero-order valence-corrected chi connectivity index (χ0v) is 10.8. The van der Waals surface area contributed by atoms with Crippen LogP contribution in [-0.4, -0.2) is 40.9 Å². The average molecular weight is 261 g/mol. The van der Waals surface area contributed by atoms with Crippen LogP contribution in [0.5, 0.6) is 0 Å². The normalized spacial score (nSPS) is 15.8. The van der Waals surface area contributed by atoms with E-state index in [0.717, 1.165) is 43.5 Å². The number of halogens is 1. The lowest BCUT2D eigenvalue weighted by Gasteiger charge is -2.25. The van der Waals surface area contributed by atoms with Crippen LogP contribution in [0.2, 0.25) is 0 Å². The smallest absolute Gasteiger partial charge is 0.245 e. The highest BCUT2D eigenvalue weighted by Crippen LogP contribution is 2.20. The summed E-state index contributed by atoms with van der Waals surface area (Å²) in [4.78, 5) is 6.72. The van der Waals surface area contributed by atoms with Crippen LogP contribution in [0.15, 0.2) is 24.3 Å². The third-order valence-electron chi connectivity index (χ3n) is 3.25. The number of hydrogen-bond acceptors (Lipinski definition) is 4. The number of nitrogens with one attached hydrogen (secondary N) is 1. The number of aryl methyl sites for hydroxylation is 1. The summed E-state index contributed by atoms with van der Waals surface area (Å²) in [6.45, 7) is 3.72. The van der Waals surface area contributed by atoms with Crippen molar-refractivity contribution < 1.29 is 4.39 Å². The van der Waals surface area contributed by atoms with Gasteiger partial charge in [0.2, 0.25) is 5.95 Å². The van der Waals surface area contributed by atoms with Crippen LogP contribution in [-0.2, 0) is 7.05 Å². The highest BCUT2D eigenvalue weighted by atomic mass is 19.1. The maximum absolute atomic E-state index is 12.9. The summed E-state index contributed by atoms with van der Waals surface area (Å²) in [6.07, 6.45) is 0. The predicted molar refractivity (Wildman–Crippen MR) is 71.5 cm³/mol. The van der Waals surface area contributed by atoms with Crippen molar-refractivity contribution in [2.75, 3.05) is 31.1 Å². The summed E-state index contributed by atoms with van der Waals surface area (Å²) < 4.78 is 14.7. The van der Waals surface area contributed by atoms with Gasteiger partial charge in [0, 0.05) is 38.8 Å². The highest BCUT2D eigenvalue weighted by molar-refractivity contribution is 5.57. The molecule has 3 rings (SSSR count). The van der Waals surface area contributed by atoms with Crippen LogP contribution in [0.25, 0.3) is 11.4 Å². The van der Waals surface area contributed by atoms with Gasteiger partial charge < -0.3 is 10.2 Å². The van der Waals surface area contributed by atoms with E-state index in [-0.39, 0.29) is 5.82 Å². The Morgan fingerprint density at radius 3 is 2.53 bits per heavy atom. The standard InChI is InChI=1S/C13H16FN5/c1-18-12(10-2-4-11(14)5-3-10)16-13(17-18)19-8-6-15-7-9-19/h2-5,15H,6-9H2,1H3. The molecule has 1 aromatic heterocycles. The Hall–Kier alpha value is -1.95. The van der Waals surface area contributed by atoms with Crippen molar-refractivity contribution in [3.05, 3.63) is 30.1 Å². The molecule has 0 bridgehead atoms. The topological polar surface area (TPSA) is 46.0 Å². The summed E-state index contributed by atoms with van der Waals surface area (Å²) in [7, 11) is 1.86. The van der Waals surface area contributed by atoms with Crippen LogP contribution in [0.1, 0.15) is 0 Å². The number of piperazine rings is 1. The monoisotopic (exact) mass is 261 g/mol. The van der Waals surface area contributed by atoms with Gasteiger partial charge in [-0.2, -0.15) is 4.98 Å². The molecule has 0 aliphatic carbocycles. The molecule has 2 heterocycles. The van der Waals surface area contributed by atoms with E-state index >= 15 is 0 Å². The van der Waals surface area contributed by atoms with E-state index in [4.69, 9.17) is 0 Å². The first-order valence-electron chi connectivity index (χ1n) is 6.37. The first-order chi connectivity index (χ1) is 9.24. The Morgan fingerprint density at radius 1 is 1.16 bits per heavy atom. The molecule has 1 N–H and O–H groups in total. The van der Waals surface area contributed by atoms with Crippen LogP contribution in [0, 0.1) is 5.82 Å². The first-order valence-corrected chi connectivity index (χ1v) is 6.37. The molecule has 0 atom stereocenters. The van der Waals surface area contributed by atoms with Crippen LogP contribution in [0.4, 0.5) is 10.3 Å². The van der Waals surface area contributed by atoms with Gasteiger partial charge in [-0.1, -0.05) is 0 Å². The number of rotatable bonds is 2. The molecule has 5 nitrogen and oxygen atoms in total. The minimum atomic E-state index is -0.242. The van der Waals surface area contributed by atoms with Crippen molar-refractivity contribution in [1.29, 1.82) is 0 Å². The van der Waals surface area contributed by atoms with Gasteiger partial charge in [-0.05, 0) is 24.3 Å². The molecule has 0 unspecified atom stereocenters. The lowest BCUT2D eigenvalue weighted by Crippen LogP contribution is -2.44. The number of hydrogen-bond donors (Lipinski definition) is 1. The lowest BCUT2D eigenvalue weighted by molar-refractivity contribution is 0.578. The number of nitrogens with zero attached hydrogens (tertiary/aromatic N) is 4. The Balaban J connectivity index is 1.90. The van der Waals surface area contributed by atoms with E-state index in [0.29, 0.717) is 0 Å². The highest BCUT2D eigenvalue weighted by Gasteiger charge is 2.17. The molecule has 1 saturated heterocycles. The number of aromatic nitrogens is 3. The van der Waals surface area contributed by atoms with Crippen LogP contribution in [0.3, 0.4) is 0 Å². The summed E-state index contributed by atoms with van der Waals surface area (Å²) >= 11 is 0. The van der Waals surface area contributed by atoms with Gasteiger partial charge >= 0.3 is 0 Å². The van der Waals surface area contributed by atoms with Crippen molar-refractivity contribution in [2.24, 2.45) is 7.05 Å². The van der Waals surface area contributed by atoms with Crippen molar-refractivity contribution in [1.82, 2.24) is 20.1 Å². The average Bonchev–Trinajstić information content (AvgIpc) is 2.83. The predicted octanol–water partition coefficient (Wildman–Crippen LogP) is 1.03. The maximum atomic E-state index is 12.9. The first kappa shape index (κ1) is 12.1. The molecule has 0 saturated carbocycles. The fourth-order valence-electron chi connectivity index (χ4n) is 2.22. The third kappa shape index (κ3) is 2.44. The fraction of sp³-hybridized carbons (Fsp3) is 0.385. The van der Waals surface area contributed by atoms with E-state index in [1.807, 2.05) is 7.05 Å². The maximum Gasteiger partial charge on any atom is 0.245 e. The van der Waals surface area contributed by atoms with Gasteiger partial charge in [-0.15, -0.1) is 5.10 Å². The van der Waals surface area contributed by atoms with Crippen LogP contribution < -0.4 is 10.2 Å². The molecule has 6 heteroatoms. The van der Waals surface area contributed by atoms with Gasteiger partial charge in [-0.25, -0.2) is 9.07 Å². The van der Waals surface area contributed by atoms with Gasteiger partial charge in [0.25, 0.3) is 0 Å². The summed E-state index contributed by atoms with van der Waals surface area (Å²) in [5.41, 5.74) is 0.873. The van der Waals surface area contributed by atoms with Gasteiger partial charge in [0.15, 0.2) is 5.82 Å². The number of benzene rings is 1. The minimum absolute atomic E-state index is 0.242. The molecule has 1 aliphatic rings. The lowest BCUT2D eigenvalue weighted by atomic mass is 10.2. The Labute approximate surface area is 111 Å². The largest absolute Gasteiger partial charge is 0.337 e. The van der Waals surface area contributed by atoms with Gasteiger partial charge in [0.1, 0.15) is 5.82 Å². The molecule has 100 valence electrons. The molecule has 0 amide bonds. The minimum Gasteiger partial charge on any atom is -0.337 e. The Kier molecular flexibility index (Phi) is 3.16. The Morgan fingerprint density at radius 2 is 1.84 bits per heavy atom. The molecule has 2 aromatic rings. The van der Waals surface area contributed by atoms with E-state index in [1.165, 1.54) is 12.1 Å². The molecule has 1 aliphatic heterocycles. The SMILES string of the molecule is Cn1nc(N2CCNCC2)nc1-c1ccc(F)cc1. The van der Waals surface area contributed by atoms with E-state index in [2.05, 4.69) is 20.3 Å². The zero-order valence-electron chi connectivity index (χ0n) is 10.8. The van der Waals surface area contributed by atoms with Gasteiger partial charge in [0.05, 0.1) is 0 Å². The van der Waals surface area contributed by atoms with Crippen molar-refractivity contribution in [2.45, 2.75) is 0 Å². The molecular formula is C13H16FN5. The van der Waals surface area contributed by atoms with Gasteiger partial charge in [-0.3, -0.25) is 0 Å². The summed E-state index contributed by atoms with van der Waals surface area (Å²) in [5.74, 6) is 1.25. The molecule has 19 heavy (non-hydrogen) atoms. The van der Waals surface area contributed by atoms with E-state index in [1.54, 1.807) is 16.8 Å². The van der Waals surface area contributed by atoms with Crippen LogP contribution >= 0.6 is 0 Å². The molecular weight excluding hydrogens is 245 g/mol. The third-order valence-corrected chi connectivity index (χ3v) is 3.25. The van der Waals surface area contributed by atoms with Crippen molar-refractivity contribution >= 4 is 5.95 Å². The molecule has 1 fully saturated rings. The molecule has 1 aromatic carbocycles. The quantitative estimate of drug-likeness (QED) is 0.877. The van der Waals surface area contributed by atoms with E-state index in [9.17, 15) is 4.39 Å². The summed E-state index contributed by atoms with van der Waals surface area (Å²) in [5, 5.41) is 7.74. The van der Waals surface area contributed by atoms with Crippen molar-refractivity contribution in [3.63, 3.8) is 0 Å². The summed E-state index contributed by atoms with van der Waals surface area (Å²) in [6, 6.07) is 6.32.